The van der Waals surface area contributed by atoms with E-state index < -0.39 is 67.8 Å². The van der Waals surface area contributed by atoms with Crippen LogP contribution in [-0.2, 0) is 44.7 Å². The Balaban J connectivity index is -0.000000242. The third kappa shape index (κ3) is 65.5. The molecular weight excluding hydrogens is 1760 g/mol. The lowest BCUT2D eigenvalue weighted by molar-refractivity contribution is -0.275. The number of halogens is 31. The number of hydrazone groups is 1. The third-order valence-corrected chi connectivity index (χ3v) is 11.9. The van der Waals surface area contributed by atoms with Gasteiger partial charge in [-0.1, -0.05) is 11.6 Å². The number of aromatic nitrogens is 4. The highest BCUT2D eigenvalue weighted by Crippen LogP contribution is 2.29. The van der Waals surface area contributed by atoms with Crippen LogP contribution in [0.15, 0.2) is 151 Å². The molecule has 56 heteroatoms. The molecule has 4 heterocycles. The van der Waals surface area contributed by atoms with Crippen LogP contribution in [0.25, 0.3) is 16.4 Å². The lowest BCUT2D eigenvalue weighted by Crippen LogP contribution is -3.00. The number of nitrogen functional groups attached to an aromatic ring is 1. The van der Waals surface area contributed by atoms with Gasteiger partial charge in [0.1, 0.15) is 28.7 Å². The van der Waals surface area contributed by atoms with Crippen LogP contribution in [0.4, 0.5) is 142 Å². The third-order valence-electron chi connectivity index (χ3n) is 11.2. The van der Waals surface area contributed by atoms with Crippen molar-refractivity contribution in [2.45, 2.75) is 97.2 Å². The quantitative estimate of drug-likeness (QED) is 0.00729. The summed E-state index contributed by atoms with van der Waals surface area (Å²) in [7, 11) is -3.67. The lowest BCUT2D eigenvalue weighted by atomic mass is 10.3. The predicted octanol–water partition coefficient (Wildman–Crippen LogP) is 17.5. The summed E-state index contributed by atoms with van der Waals surface area (Å²) in [5, 5.41) is 27.0. The molecule has 2 aromatic heterocycles. The minimum absolute atomic E-state index is 0. The van der Waals surface area contributed by atoms with Crippen LogP contribution < -0.4 is 39.5 Å². The van der Waals surface area contributed by atoms with Gasteiger partial charge in [-0.3, -0.25) is 32.6 Å². The number of aliphatic hydroxyl groups is 1. The molecule has 674 valence electrons. The van der Waals surface area contributed by atoms with Crippen LogP contribution in [0.3, 0.4) is 0 Å². The summed E-state index contributed by atoms with van der Waals surface area (Å²) in [5.41, 5.74) is 10.2. The van der Waals surface area contributed by atoms with Gasteiger partial charge in [0.25, 0.3) is 0 Å². The van der Waals surface area contributed by atoms with Crippen LogP contribution >= 0.6 is 23.2 Å². The Bertz CT molecular complexity index is 3770. The monoisotopic (exact) mass is 1820 g/mol. The number of Topliss-reactive ketones (excluding diaryl/α,β-unsaturated/α-hetero) is 1. The van der Waals surface area contributed by atoms with E-state index in [1.165, 1.54) is 127 Å². The van der Waals surface area contributed by atoms with Crippen LogP contribution in [-0.4, -0.2) is 145 Å². The molecule has 0 aliphatic carbocycles. The van der Waals surface area contributed by atoms with Crippen molar-refractivity contribution in [3.63, 3.8) is 0 Å². The second-order valence-electron chi connectivity index (χ2n) is 19.5. The molecule has 2 saturated heterocycles. The van der Waals surface area contributed by atoms with Gasteiger partial charge in [-0.15, -0.1) is 77.5 Å². The van der Waals surface area contributed by atoms with Gasteiger partial charge >= 0.3 is 63.0 Å². The van der Waals surface area contributed by atoms with Gasteiger partial charge in [0.15, 0.2) is 21.8 Å². The molecule has 5 aromatic carbocycles. The first-order chi connectivity index (χ1) is 54.5. The first-order valence-electron chi connectivity index (χ1n) is 30.9. The molecule has 24 nitrogen and oxygen atoms in total. The van der Waals surface area contributed by atoms with Gasteiger partial charge in [0, 0.05) is 93.2 Å². The van der Waals surface area contributed by atoms with Crippen LogP contribution in [0.5, 0.6) is 28.7 Å². The SMILES string of the molecule is C1CCOC1.C1CCOC1.CCOC(=O)/C(Cl)=N\Nc1ccc(OC(F)(F)F)cc1.CCOC(=O)C(Cl)C(C)=O.CCOC(=O)c1ccn(-c2ccc(OC(F)(F)F)cc2)n1.F.F.FB(F)F.FF.FF.FF.FF.N#[N+]c1ccc(OC(F)(F)F)cc1.Nc1ccc(OC(F)(F)F)cc1.OCc1ccn(-c2ccc(OC(F)(F)F)cc2)n1.[F-]. The number of nitrogens with one attached hydrogen (secondary N) is 1. The standard InChI is InChI=1S/C13H11F3N2O3.C11H10ClF3N2O3.C11H9F3N2O2.C7H4F3N2O.C7H6F3NO.C6H9ClO3.2C4H8O.BF3.4F2.3FH/c1-2-20-12(19)11-7-8-18(17-11)9-3-5-10(6-4-9)21-13(14,15)16;1-2-19-10(18)9(12)17-16-7-3-5-8(6-4-7)20-11(13,14)15;12-11(13,14)18-10-3-1-9(2-4-10)16-6-5-8(7-17)15-16;8-7(9,10)13-6-3-1-5(12-11)2-4-6;8-7(9,10)12-6-3-1-5(11)2-4-6;1-3-10-6(9)5(7)4(2)8;2*1-2-4-5-3-1;2-1(3)4;4*1-2;;;/h3-8H,2H2,1H3;3-6,16H,2H2,1H3;1-6,17H,7H2;1-4H;1-4H,11H2;5H,3H2,1-2H3;2*1-4H2;;;;;;3*1H/q;;;+1;;;;;;;;;;;;/p-1/b;17-9+;;;;;;;;;;;;;;. The summed E-state index contributed by atoms with van der Waals surface area (Å²) in [6.07, 6.45) is -15.3. The topological polar surface area (TPSA) is 295 Å². The number of nitrogens with two attached hydrogens (primary N) is 1. The molecule has 9 rings (SSSR count). The van der Waals surface area contributed by atoms with E-state index in [0.29, 0.717) is 28.4 Å². The zero-order chi connectivity index (χ0) is 89.7. The molecule has 2 fully saturated rings. The molecule has 0 saturated carbocycles. The average molecular weight is 1820 g/mol. The largest absolute Gasteiger partial charge is 1.00 e. The number of rotatable bonds is 17. The zero-order valence-electron chi connectivity index (χ0n) is 60.6. The van der Waals surface area contributed by atoms with Gasteiger partial charge in [-0.25, -0.2) is 23.7 Å². The van der Waals surface area contributed by atoms with Gasteiger partial charge in [-0.2, -0.15) is 15.3 Å². The van der Waals surface area contributed by atoms with Gasteiger partial charge < -0.3 is 62.9 Å². The summed E-state index contributed by atoms with van der Waals surface area (Å²) in [5.74, 6) is -4.03. The van der Waals surface area contributed by atoms with Crippen LogP contribution in [0, 0.1) is 5.39 Å². The van der Waals surface area contributed by atoms with E-state index in [1.807, 2.05) is 0 Å². The minimum atomic E-state index is -4.75. The molecule has 4 N–H and O–H groups in total. The first-order valence-corrected chi connectivity index (χ1v) is 31.7. The maximum Gasteiger partial charge on any atom is 0.762 e. The van der Waals surface area contributed by atoms with Crippen molar-refractivity contribution in [1.29, 1.82) is 5.39 Å². The summed E-state index contributed by atoms with van der Waals surface area (Å²) < 4.78 is 315. The van der Waals surface area contributed by atoms with E-state index >= 15 is 0 Å². The summed E-state index contributed by atoms with van der Waals surface area (Å²) >= 11 is 10.8. The van der Waals surface area contributed by atoms with E-state index in [4.69, 9.17) is 90.2 Å². The fourth-order valence-corrected chi connectivity index (χ4v) is 7.00. The molecule has 2 aliphatic heterocycles. The van der Waals surface area contributed by atoms with E-state index in [0.717, 1.165) is 75.0 Å². The van der Waals surface area contributed by atoms with Crippen molar-refractivity contribution in [2.24, 2.45) is 5.10 Å². The Hall–Kier alpha value is -11.2. The number of ketones is 1. The number of carbonyl (C=O) groups excluding carboxylic acids is 4. The number of aliphatic hydroxyl groups excluding tert-OH is 1. The summed E-state index contributed by atoms with van der Waals surface area (Å²) in [4.78, 5) is 46.4. The van der Waals surface area contributed by atoms with Crippen molar-refractivity contribution in [1.82, 2.24) is 19.6 Å². The fourth-order valence-electron chi connectivity index (χ4n) is 6.84. The maximum atomic E-state index is 12.0. The Morgan fingerprint density at radius 1 is 0.538 bits per heavy atom. The number of ether oxygens (including phenoxy) is 10. The number of hydrogen-bond acceptors (Lipinski definition) is 21. The van der Waals surface area contributed by atoms with Crippen molar-refractivity contribution >= 4 is 76.7 Å². The molecule has 0 amide bonds. The molecule has 0 radical (unpaired) electrons. The van der Waals surface area contributed by atoms with Crippen LogP contribution in [0.2, 0.25) is 0 Å². The number of diazo groups is 1. The highest BCUT2D eigenvalue weighted by atomic mass is 35.5. The number of carbonyl (C=O) groups is 4. The van der Waals surface area contributed by atoms with Gasteiger partial charge in [-0.05, 0) is 175 Å². The second-order valence-corrected chi connectivity index (χ2v) is 20.3. The highest BCUT2D eigenvalue weighted by Gasteiger charge is 2.34. The zero-order valence-corrected chi connectivity index (χ0v) is 62.2. The highest BCUT2D eigenvalue weighted by molar-refractivity contribution is 6.82. The van der Waals surface area contributed by atoms with Crippen molar-refractivity contribution < 1.29 is 201 Å². The number of hydrogen-bond donors (Lipinski definition) is 3. The molecule has 1 atom stereocenters. The molecule has 119 heavy (non-hydrogen) atoms. The second kappa shape index (κ2) is 67.8. The fraction of sp³-hybridized carbons (Fsp3) is 0.349. The molecule has 2 aliphatic rings. The Kier molecular flexibility index (Phi) is 68.9. The lowest BCUT2D eigenvalue weighted by Gasteiger charge is -2.09. The first kappa shape index (κ1) is 121. The molecule has 7 aromatic rings. The van der Waals surface area contributed by atoms with E-state index in [2.05, 4.69) is 58.9 Å². The van der Waals surface area contributed by atoms with Gasteiger partial charge in [0.2, 0.25) is 10.6 Å². The Morgan fingerprint density at radius 2 is 0.849 bits per heavy atom. The van der Waals surface area contributed by atoms with Crippen molar-refractivity contribution in [3.8, 4) is 40.1 Å². The predicted molar refractivity (Wildman–Crippen MR) is 364 cm³/mol. The molecular formula is C63H67BCl2F29N9O15. The number of esters is 3. The minimum Gasteiger partial charge on any atom is -1.00 e. The normalized spacial score (nSPS) is 11.5. The number of nitrogens with zero attached hydrogens (tertiary/aromatic N) is 7. The molecule has 0 spiro atoms. The number of anilines is 2. The van der Waals surface area contributed by atoms with Crippen molar-refractivity contribution in [2.75, 3.05) is 57.4 Å². The summed E-state index contributed by atoms with van der Waals surface area (Å²) in [6.45, 7) is 10.6. The smallest absolute Gasteiger partial charge is 0.762 e. The van der Waals surface area contributed by atoms with E-state index in [-0.39, 0.29) is 86.5 Å². The summed E-state index contributed by atoms with van der Waals surface area (Å²) in [6, 6.07) is 27.7. The molecule has 1 unspecified atom stereocenters. The molecule has 0 bridgehead atoms. The Labute approximate surface area is 663 Å². The maximum absolute atomic E-state index is 12.0. The number of alkyl halides is 16. The average Bonchev–Trinajstić information content (AvgIpc) is 1.71. The Morgan fingerprint density at radius 3 is 1.13 bits per heavy atom. The number of benzene rings is 5. The van der Waals surface area contributed by atoms with Crippen molar-refractivity contribution in [3.05, 3.63) is 162 Å². The van der Waals surface area contributed by atoms with Crippen LogP contribution in [0.1, 0.15) is 69.6 Å². The van der Waals surface area contributed by atoms with E-state index in [9.17, 15) is 98.0 Å². The van der Waals surface area contributed by atoms with Gasteiger partial charge in [0.05, 0.1) is 49.2 Å². The van der Waals surface area contributed by atoms with E-state index in [1.54, 1.807) is 33.0 Å².